The van der Waals surface area contributed by atoms with Gasteiger partial charge in [0, 0.05) is 19.8 Å². The van der Waals surface area contributed by atoms with E-state index in [-0.39, 0.29) is 0 Å². The molecular formula is C9H14BNO3. The van der Waals surface area contributed by atoms with Crippen LogP contribution in [0.25, 0.3) is 0 Å². The van der Waals surface area contributed by atoms with E-state index in [4.69, 9.17) is 14.7 Å². The minimum absolute atomic E-state index is 0.477. The second-order valence-electron chi connectivity index (χ2n) is 3.29. The van der Waals surface area contributed by atoms with E-state index < -0.39 is 7.32 Å². The van der Waals surface area contributed by atoms with Gasteiger partial charge in [-0.15, -0.1) is 0 Å². The molecule has 0 aliphatic heterocycles. The number of rotatable bonds is 3. The van der Waals surface area contributed by atoms with Gasteiger partial charge in [0.25, 0.3) is 0 Å². The molecule has 1 rings (SSSR count). The van der Waals surface area contributed by atoms with E-state index in [1.165, 1.54) is 0 Å². The monoisotopic (exact) mass is 195 g/mol. The van der Waals surface area contributed by atoms with Crippen LogP contribution in [0.5, 0.6) is 5.75 Å². The van der Waals surface area contributed by atoms with Crippen LogP contribution in [0.3, 0.4) is 0 Å². The van der Waals surface area contributed by atoms with E-state index in [1.54, 1.807) is 6.07 Å². The second kappa shape index (κ2) is 4.35. The Hall–Kier alpha value is -1.20. The lowest BCUT2D eigenvalue weighted by atomic mass is 10.1. The molecule has 1 aromatic rings. The van der Waals surface area contributed by atoms with Gasteiger partial charge in [0.05, 0.1) is 0 Å². The molecule has 0 radical (unpaired) electrons. The lowest BCUT2D eigenvalue weighted by Gasteiger charge is -2.15. The first-order chi connectivity index (χ1) is 6.50. The SMILES string of the molecule is Cc1cc(N(C)C)ccc1OB(O)O. The molecule has 1 aromatic carbocycles. The van der Waals surface area contributed by atoms with Crippen molar-refractivity contribution in [2.75, 3.05) is 19.0 Å². The molecule has 5 heteroatoms. The van der Waals surface area contributed by atoms with E-state index >= 15 is 0 Å². The number of nitrogens with zero attached hydrogens (tertiary/aromatic N) is 1. The first-order valence-electron chi connectivity index (χ1n) is 4.31. The zero-order valence-electron chi connectivity index (χ0n) is 8.56. The standard InChI is InChI=1S/C9H14BNO3/c1-7-6-8(11(2)3)4-5-9(7)14-10(12)13/h4-6,12-13H,1-3H3. The summed E-state index contributed by atoms with van der Waals surface area (Å²) < 4.78 is 4.77. The van der Waals surface area contributed by atoms with E-state index in [9.17, 15) is 0 Å². The van der Waals surface area contributed by atoms with Crippen molar-refractivity contribution in [1.82, 2.24) is 0 Å². The van der Waals surface area contributed by atoms with Crippen molar-refractivity contribution >= 4 is 13.0 Å². The molecule has 76 valence electrons. The average molecular weight is 195 g/mol. The molecule has 4 nitrogen and oxygen atoms in total. The maximum Gasteiger partial charge on any atom is 0.707 e. The van der Waals surface area contributed by atoms with Crippen LogP contribution in [0, 0.1) is 6.92 Å². The molecule has 0 saturated carbocycles. The molecule has 0 bridgehead atoms. The first-order valence-corrected chi connectivity index (χ1v) is 4.31. The molecule has 0 aromatic heterocycles. The van der Waals surface area contributed by atoms with Gasteiger partial charge < -0.3 is 19.6 Å². The van der Waals surface area contributed by atoms with Crippen LogP contribution < -0.4 is 9.55 Å². The van der Waals surface area contributed by atoms with Crippen LogP contribution >= 0.6 is 0 Å². The zero-order valence-corrected chi connectivity index (χ0v) is 8.56. The highest BCUT2D eigenvalue weighted by molar-refractivity contribution is 6.33. The molecule has 0 amide bonds. The van der Waals surface area contributed by atoms with Crippen LogP contribution in [0.2, 0.25) is 0 Å². The average Bonchev–Trinajstić information content (AvgIpc) is 2.07. The molecule has 0 fully saturated rings. The van der Waals surface area contributed by atoms with Gasteiger partial charge in [-0.05, 0) is 30.7 Å². The highest BCUT2D eigenvalue weighted by Crippen LogP contribution is 2.23. The summed E-state index contributed by atoms with van der Waals surface area (Å²) >= 11 is 0. The van der Waals surface area contributed by atoms with Gasteiger partial charge in [-0.1, -0.05) is 0 Å². The van der Waals surface area contributed by atoms with Gasteiger partial charge in [0.1, 0.15) is 5.75 Å². The van der Waals surface area contributed by atoms with E-state index in [0.29, 0.717) is 5.75 Å². The zero-order chi connectivity index (χ0) is 10.7. The molecule has 0 unspecified atom stereocenters. The molecule has 0 atom stereocenters. The van der Waals surface area contributed by atoms with Crippen LogP contribution in [0.15, 0.2) is 18.2 Å². The molecule has 14 heavy (non-hydrogen) atoms. The van der Waals surface area contributed by atoms with Gasteiger partial charge in [0.15, 0.2) is 0 Å². The van der Waals surface area contributed by atoms with Crippen LogP contribution in [0.4, 0.5) is 5.69 Å². The fourth-order valence-electron chi connectivity index (χ4n) is 1.16. The molecule has 0 aliphatic rings. The second-order valence-corrected chi connectivity index (χ2v) is 3.29. The van der Waals surface area contributed by atoms with E-state index in [1.807, 2.05) is 38.1 Å². The molecule has 0 saturated heterocycles. The van der Waals surface area contributed by atoms with Gasteiger partial charge >= 0.3 is 7.32 Å². The number of anilines is 1. The summed E-state index contributed by atoms with van der Waals surface area (Å²) in [5, 5.41) is 17.3. The van der Waals surface area contributed by atoms with Gasteiger partial charge in [-0.3, -0.25) is 0 Å². The Balaban J connectivity index is 2.90. The summed E-state index contributed by atoms with van der Waals surface area (Å²) in [5.41, 5.74) is 1.91. The van der Waals surface area contributed by atoms with Crippen molar-refractivity contribution in [2.24, 2.45) is 0 Å². The summed E-state index contributed by atoms with van der Waals surface area (Å²) in [6.45, 7) is 1.85. The minimum Gasteiger partial charge on any atom is -0.512 e. The summed E-state index contributed by atoms with van der Waals surface area (Å²) in [6.07, 6.45) is 0. The van der Waals surface area contributed by atoms with Crippen LogP contribution in [-0.4, -0.2) is 31.5 Å². The molecule has 0 aliphatic carbocycles. The number of aryl methyl sites for hydroxylation is 1. The Morgan fingerprint density at radius 2 is 1.93 bits per heavy atom. The largest absolute Gasteiger partial charge is 0.707 e. The lowest BCUT2D eigenvalue weighted by molar-refractivity contribution is 0.287. The van der Waals surface area contributed by atoms with Crippen molar-refractivity contribution in [2.45, 2.75) is 6.92 Å². The normalized spacial score (nSPS) is 9.79. The van der Waals surface area contributed by atoms with Crippen LogP contribution in [-0.2, 0) is 0 Å². The van der Waals surface area contributed by atoms with Crippen LogP contribution in [0.1, 0.15) is 5.56 Å². The number of hydrogen-bond donors (Lipinski definition) is 2. The van der Waals surface area contributed by atoms with Crippen molar-refractivity contribution in [3.05, 3.63) is 23.8 Å². The Bertz CT molecular complexity index is 315. The quantitative estimate of drug-likeness (QED) is 0.685. The third kappa shape index (κ3) is 2.65. The van der Waals surface area contributed by atoms with E-state index in [0.717, 1.165) is 11.3 Å². The Labute approximate surface area is 83.9 Å². The van der Waals surface area contributed by atoms with Gasteiger partial charge in [-0.25, -0.2) is 0 Å². The highest BCUT2D eigenvalue weighted by atomic mass is 16.6. The fraction of sp³-hybridized carbons (Fsp3) is 0.333. The van der Waals surface area contributed by atoms with E-state index in [2.05, 4.69) is 0 Å². The summed E-state index contributed by atoms with van der Waals surface area (Å²) in [6, 6.07) is 5.48. The van der Waals surface area contributed by atoms with Crippen molar-refractivity contribution in [1.29, 1.82) is 0 Å². The first kappa shape index (κ1) is 10.9. The molecule has 2 N–H and O–H groups in total. The summed E-state index contributed by atoms with van der Waals surface area (Å²) in [5.74, 6) is 0.477. The number of benzene rings is 1. The van der Waals surface area contributed by atoms with Gasteiger partial charge in [-0.2, -0.15) is 0 Å². The Morgan fingerprint density at radius 1 is 1.29 bits per heavy atom. The topological polar surface area (TPSA) is 52.9 Å². The van der Waals surface area contributed by atoms with Crippen molar-refractivity contribution < 1.29 is 14.7 Å². The maximum atomic E-state index is 8.63. The predicted octanol–water partition coefficient (Wildman–Crippen LogP) is 0.409. The summed E-state index contributed by atoms with van der Waals surface area (Å²) in [4.78, 5) is 1.96. The van der Waals surface area contributed by atoms with Crippen molar-refractivity contribution in [3.8, 4) is 5.75 Å². The third-order valence-corrected chi connectivity index (χ3v) is 1.91. The van der Waals surface area contributed by atoms with Gasteiger partial charge in [0.2, 0.25) is 0 Å². The lowest BCUT2D eigenvalue weighted by Crippen LogP contribution is -2.21. The predicted molar refractivity (Wildman–Crippen MR) is 56.3 cm³/mol. The maximum absolute atomic E-state index is 8.63. The molecule has 0 heterocycles. The Morgan fingerprint density at radius 3 is 2.36 bits per heavy atom. The third-order valence-electron chi connectivity index (χ3n) is 1.91. The highest BCUT2D eigenvalue weighted by Gasteiger charge is 2.12. The number of hydrogen-bond acceptors (Lipinski definition) is 4. The Kier molecular flexibility index (Phi) is 3.38. The van der Waals surface area contributed by atoms with Crippen molar-refractivity contribution in [3.63, 3.8) is 0 Å². The molecular weight excluding hydrogens is 181 g/mol. The minimum atomic E-state index is -1.76. The molecule has 0 spiro atoms. The fourth-order valence-corrected chi connectivity index (χ4v) is 1.16. The smallest absolute Gasteiger partial charge is 0.512 e. The summed E-state index contributed by atoms with van der Waals surface area (Å²) in [7, 11) is 2.12.